The number of nitrogens with one attached hydrogen (secondary N) is 1. The van der Waals surface area contributed by atoms with Crippen molar-refractivity contribution in [2.24, 2.45) is 10.7 Å². The van der Waals surface area contributed by atoms with Gasteiger partial charge in [-0.05, 0) is 20.3 Å². The Kier molecular flexibility index (Phi) is 8.26. The Morgan fingerprint density at radius 1 is 1.20 bits per heavy atom. The number of unbranched alkanes of at least 4 members (excludes halogenated alkanes) is 5. The summed E-state index contributed by atoms with van der Waals surface area (Å²) in [6, 6.07) is 0. The van der Waals surface area contributed by atoms with Crippen molar-refractivity contribution in [3.63, 3.8) is 0 Å². The summed E-state index contributed by atoms with van der Waals surface area (Å²) >= 11 is 1.69. The van der Waals surface area contributed by atoms with Gasteiger partial charge in [-0.2, -0.15) is 0 Å². The van der Waals surface area contributed by atoms with Gasteiger partial charge in [0.05, 0.1) is 17.2 Å². The third-order valence-corrected chi connectivity index (χ3v) is 4.29. The zero-order chi connectivity index (χ0) is 14.8. The standard InChI is InChI=1S/C15H28N4S/c1-4-5-6-7-8-9-10-17-15(16)18-11-14-12(2)19-13(3)20-14/h4-11H2,1-3H3,(H3,16,17,18). The number of aromatic nitrogens is 1. The first-order valence-electron chi connectivity index (χ1n) is 7.60. The summed E-state index contributed by atoms with van der Waals surface area (Å²) in [7, 11) is 0. The fourth-order valence-electron chi connectivity index (χ4n) is 2.05. The quantitative estimate of drug-likeness (QED) is 0.416. The predicted molar refractivity (Wildman–Crippen MR) is 88.3 cm³/mol. The van der Waals surface area contributed by atoms with E-state index in [9.17, 15) is 0 Å². The largest absolute Gasteiger partial charge is 0.370 e. The molecule has 0 fully saturated rings. The summed E-state index contributed by atoms with van der Waals surface area (Å²) in [5.41, 5.74) is 6.93. The lowest BCUT2D eigenvalue weighted by molar-refractivity contribution is 0.601. The molecule has 0 aliphatic carbocycles. The van der Waals surface area contributed by atoms with Crippen molar-refractivity contribution in [1.29, 1.82) is 0 Å². The van der Waals surface area contributed by atoms with Gasteiger partial charge in [0.1, 0.15) is 0 Å². The van der Waals surface area contributed by atoms with Crippen molar-refractivity contribution in [3.8, 4) is 0 Å². The first-order chi connectivity index (χ1) is 9.63. The first kappa shape index (κ1) is 17.0. The highest BCUT2D eigenvalue weighted by Crippen LogP contribution is 2.17. The van der Waals surface area contributed by atoms with Gasteiger partial charge in [-0.15, -0.1) is 11.3 Å². The van der Waals surface area contributed by atoms with Crippen LogP contribution in [0.3, 0.4) is 0 Å². The van der Waals surface area contributed by atoms with Crippen LogP contribution in [0.4, 0.5) is 0 Å². The lowest BCUT2D eigenvalue weighted by Crippen LogP contribution is -2.32. The van der Waals surface area contributed by atoms with Crippen LogP contribution in [-0.2, 0) is 6.54 Å². The number of nitrogens with zero attached hydrogens (tertiary/aromatic N) is 2. The van der Waals surface area contributed by atoms with Gasteiger partial charge in [0.2, 0.25) is 0 Å². The monoisotopic (exact) mass is 296 g/mol. The van der Waals surface area contributed by atoms with E-state index >= 15 is 0 Å². The van der Waals surface area contributed by atoms with E-state index in [0.29, 0.717) is 12.5 Å². The average molecular weight is 296 g/mol. The molecule has 114 valence electrons. The van der Waals surface area contributed by atoms with E-state index in [0.717, 1.165) is 17.2 Å². The Morgan fingerprint density at radius 2 is 1.90 bits per heavy atom. The molecule has 20 heavy (non-hydrogen) atoms. The summed E-state index contributed by atoms with van der Waals surface area (Å²) in [4.78, 5) is 9.96. The van der Waals surface area contributed by atoms with Crippen LogP contribution < -0.4 is 11.1 Å². The molecule has 0 spiro atoms. The van der Waals surface area contributed by atoms with Gasteiger partial charge < -0.3 is 11.1 Å². The molecule has 0 saturated carbocycles. The van der Waals surface area contributed by atoms with E-state index in [2.05, 4.69) is 22.2 Å². The van der Waals surface area contributed by atoms with Crippen LogP contribution in [0.2, 0.25) is 0 Å². The minimum absolute atomic E-state index is 0.545. The highest BCUT2D eigenvalue weighted by atomic mass is 32.1. The Balaban J connectivity index is 2.14. The topological polar surface area (TPSA) is 63.3 Å². The molecule has 0 saturated heterocycles. The minimum Gasteiger partial charge on any atom is -0.370 e. The number of thiazole rings is 1. The molecule has 0 aliphatic heterocycles. The van der Waals surface area contributed by atoms with Gasteiger partial charge in [-0.3, -0.25) is 0 Å². The van der Waals surface area contributed by atoms with Crippen LogP contribution in [0, 0.1) is 13.8 Å². The molecule has 5 heteroatoms. The van der Waals surface area contributed by atoms with Gasteiger partial charge >= 0.3 is 0 Å². The van der Waals surface area contributed by atoms with Gasteiger partial charge in [0.25, 0.3) is 0 Å². The maximum atomic E-state index is 5.86. The van der Waals surface area contributed by atoms with E-state index in [1.54, 1.807) is 11.3 Å². The molecular formula is C15H28N4S. The second-order valence-corrected chi connectivity index (χ2v) is 6.43. The van der Waals surface area contributed by atoms with Gasteiger partial charge in [-0.25, -0.2) is 9.98 Å². The fraction of sp³-hybridized carbons (Fsp3) is 0.733. The van der Waals surface area contributed by atoms with Crippen LogP contribution in [0.25, 0.3) is 0 Å². The van der Waals surface area contributed by atoms with Crippen molar-refractivity contribution in [1.82, 2.24) is 10.3 Å². The number of hydrogen-bond acceptors (Lipinski definition) is 3. The van der Waals surface area contributed by atoms with Crippen LogP contribution >= 0.6 is 11.3 Å². The third-order valence-electron chi connectivity index (χ3n) is 3.23. The maximum Gasteiger partial charge on any atom is 0.188 e. The fourth-order valence-corrected chi connectivity index (χ4v) is 2.92. The molecular weight excluding hydrogens is 268 g/mol. The van der Waals surface area contributed by atoms with Crippen LogP contribution in [0.15, 0.2) is 4.99 Å². The van der Waals surface area contributed by atoms with E-state index in [1.165, 1.54) is 43.4 Å². The number of aliphatic imine (C=N–C) groups is 1. The SMILES string of the molecule is CCCCCCCCNC(N)=NCc1sc(C)nc1C. The highest BCUT2D eigenvalue weighted by Gasteiger charge is 2.03. The number of guanidine groups is 1. The molecule has 1 heterocycles. The molecule has 1 aromatic rings. The Labute approximate surface area is 126 Å². The van der Waals surface area contributed by atoms with Crippen LogP contribution in [0.1, 0.15) is 61.0 Å². The molecule has 0 atom stereocenters. The van der Waals surface area contributed by atoms with Crippen molar-refractivity contribution < 1.29 is 0 Å². The molecule has 0 bridgehead atoms. The predicted octanol–water partition coefficient (Wildman–Crippen LogP) is 3.52. The Hall–Kier alpha value is -1.10. The second-order valence-electron chi connectivity index (χ2n) is 5.14. The van der Waals surface area contributed by atoms with Crippen molar-refractivity contribution >= 4 is 17.3 Å². The number of nitrogens with two attached hydrogens (primary N) is 1. The summed E-state index contributed by atoms with van der Waals surface area (Å²) in [5, 5.41) is 4.27. The van der Waals surface area contributed by atoms with E-state index in [4.69, 9.17) is 5.73 Å². The molecule has 4 nitrogen and oxygen atoms in total. The molecule has 1 rings (SSSR count). The zero-order valence-corrected chi connectivity index (χ0v) is 13.9. The summed E-state index contributed by atoms with van der Waals surface area (Å²) in [6.45, 7) is 7.83. The molecule has 1 aromatic heterocycles. The van der Waals surface area contributed by atoms with Gasteiger partial charge in [0.15, 0.2) is 5.96 Å². The van der Waals surface area contributed by atoms with Crippen molar-refractivity contribution in [3.05, 3.63) is 15.6 Å². The van der Waals surface area contributed by atoms with Crippen molar-refractivity contribution in [2.45, 2.75) is 65.8 Å². The average Bonchev–Trinajstić information content (AvgIpc) is 2.73. The molecule has 3 N–H and O–H groups in total. The summed E-state index contributed by atoms with van der Waals surface area (Å²) in [5.74, 6) is 0.545. The lowest BCUT2D eigenvalue weighted by Gasteiger charge is -2.05. The highest BCUT2D eigenvalue weighted by molar-refractivity contribution is 7.11. The molecule has 0 amide bonds. The lowest BCUT2D eigenvalue weighted by atomic mass is 10.1. The molecule has 0 unspecified atom stereocenters. The normalized spacial score (nSPS) is 11.8. The molecule has 0 radical (unpaired) electrons. The summed E-state index contributed by atoms with van der Waals surface area (Å²) in [6.07, 6.45) is 7.76. The van der Waals surface area contributed by atoms with Gasteiger partial charge in [-0.1, -0.05) is 39.0 Å². The van der Waals surface area contributed by atoms with E-state index in [1.807, 2.05) is 13.8 Å². The number of hydrogen-bond donors (Lipinski definition) is 2. The van der Waals surface area contributed by atoms with Crippen LogP contribution in [0.5, 0.6) is 0 Å². The second kappa shape index (κ2) is 9.75. The van der Waals surface area contributed by atoms with Gasteiger partial charge in [0, 0.05) is 11.4 Å². The Bertz CT molecular complexity index is 412. The Morgan fingerprint density at radius 3 is 2.55 bits per heavy atom. The smallest absolute Gasteiger partial charge is 0.188 e. The number of aryl methyl sites for hydroxylation is 2. The minimum atomic E-state index is 0.545. The maximum absolute atomic E-state index is 5.86. The van der Waals surface area contributed by atoms with Crippen LogP contribution in [-0.4, -0.2) is 17.5 Å². The van der Waals surface area contributed by atoms with Crippen molar-refractivity contribution in [2.75, 3.05) is 6.54 Å². The van der Waals surface area contributed by atoms with E-state index in [-0.39, 0.29) is 0 Å². The zero-order valence-electron chi connectivity index (χ0n) is 13.0. The number of rotatable bonds is 9. The molecule has 0 aromatic carbocycles. The summed E-state index contributed by atoms with van der Waals surface area (Å²) < 4.78 is 0. The molecule has 0 aliphatic rings. The van der Waals surface area contributed by atoms with E-state index < -0.39 is 0 Å². The first-order valence-corrected chi connectivity index (χ1v) is 8.41. The third kappa shape index (κ3) is 6.89.